The van der Waals surface area contributed by atoms with Crippen LogP contribution in [0, 0.1) is 5.41 Å². The van der Waals surface area contributed by atoms with Crippen LogP contribution in [0.1, 0.15) is 20.8 Å². The van der Waals surface area contributed by atoms with Crippen molar-refractivity contribution in [3.63, 3.8) is 0 Å². The third-order valence-electron chi connectivity index (χ3n) is 1.50. The van der Waals surface area contributed by atoms with E-state index >= 15 is 0 Å². The Labute approximate surface area is 69.4 Å². The molecule has 0 fully saturated rings. The summed E-state index contributed by atoms with van der Waals surface area (Å²) < 4.78 is 5.36. The number of hydrogen-bond donors (Lipinski definition) is 1. The van der Waals surface area contributed by atoms with Crippen LogP contribution in [0.5, 0.6) is 0 Å². The average molecular weight is 157 g/mol. The van der Waals surface area contributed by atoms with Crippen LogP contribution in [0.15, 0.2) is 12.2 Å². The zero-order valence-electron chi connectivity index (χ0n) is 7.76. The predicted octanol–water partition coefficient (Wildman–Crippen LogP) is 1.56. The highest BCUT2D eigenvalue weighted by molar-refractivity contribution is 4.77. The van der Waals surface area contributed by atoms with Gasteiger partial charge >= 0.3 is 0 Å². The van der Waals surface area contributed by atoms with Crippen molar-refractivity contribution in [2.24, 2.45) is 11.1 Å². The van der Waals surface area contributed by atoms with Crippen LogP contribution < -0.4 is 5.73 Å². The molecule has 2 N–H and O–H groups in total. The Morgan fingerprint density at radius 2 is 2.09 bits per heavy atom. The number of hydrogen-bond acceptors (Lipinski definition) is 2. The maximum Gasteiger partial charge on any atom is 0.0647 e. The summed E-state index contributed by atoms with van der Waals surface area (Å²) in [5.74, 6) is 0. The summed E-state index contributed by atoms with van der Waals surface area (Å²) in [4.78, 5) is 0. The van der Waals surface area contributed by atoms with E-state index in [2.05, 4.69) is 13.8 Å². The van der Waals surface area contributed by atoms with E-state index in [0.29, 0.717) is 13.2 Å². The van der Waals surface area contributed by atoms with E-state index in [1.54, 1.807) is 0 Å². The van der Waals surface area contributed by atoms with Crippen LogP contribution in [0.4, 0.5) is 0 Å². The van der Waals surface area contributed by atoms with Gasteiger partial charge in [0.15, 0.2) is 0 Å². The van der Waals surface area contributed by atoms with Crippen molar-refractivity contribution < 1.29 is 4.74 Å². The molecule has 0 aromatic rings. The van der Waals surface area contributed by atoms with E-state index in [-0.39, 0.29) is 5.41 Å². The maximum atomic E-state index is 5.52. The molecule has 0 atom stereocenters. The minimum Gasteiger partial charge on any atom is -0.377 e. The molecule has 0 heterocycles. The van der Waals surface area contributed by atoms with Gasteiger partial charge in [-0.3, -0.25) is 0 Å². The summed E-state index contributed by atoms with van der Waals surface area (Å²) in [6, 6.07) is 0. The number of rotatable bonds is 5. The molecule has 11 heavy (non-hydrogen) atoms. The molecule has 0 aromatic carbocycles. The molecule has 0 saturated heterocycles. The average Bonchev–Trinajstić information content (AvgIpc) is 1.99. The van der Waals surface area contributed by atoms with Crippen molar-refractivity contribution in [3.8, 4) is 0 Å². The number of allylic oxidation sites excluding steroid dienone is 1. The van der Waals surface area contributed by atoms with Crippen molar-refractivity contribution in [2.75, 3.05) is 19.8 Å². The molecule has 0 rings (SSSR count). The molecule has 0 bridgehead atoms. The molecule has 0 aromatic heterocycles. The molecule has 0 unspecified atom stereocenters. The summed E-state index contributed by atoms with van der Waals surface area (Å²) in [6.07, 6.45) is 3.97. The van der Waals surface area contributed by atoms with E-state index in [0.717, 1.165) is 6.61 Å². The predicted molar refractivity (Wildman–Crippen MR) is 48.5 cm³/mol. The normalized spacial score (nSPS) is 12.7. The van der Waals surface area contributed by atoms with Gasteiger partial charge in [-0.25, -0.2) is 0 Å². The highest BCUT2D eigenvalue weighted by Gasteiger charge is 2.14. The summed E-state index contributed by atoms with van der Waals surface area (Å²) in [5.41, 5.74) is 5.64. The van der Waals surface area contributed by atoms with E-state index in [9.17, 15) is 0 Å². The zero-order chi connectivity index (χ0) is 8.74. The van der Waals surface area contributed by atoms with Crippen LogP contribution in [0.25, 0.3) is 0 Å². The third kappa shape index (κ3) is 6.07. The first-order chi connectivity index (χ1) is 5.12. The first-order valence-electron chi connectivity index (χ1n) is 4.01. The molecule has 0 aliphatic heterocycles. The van der Waals surface area contributed by atoms with Gasteiger partial charge < -0.3 is 10.5 Å². The molecule has 0 radical (unpaired) electrons. The highest BCUT2D eigenvalue weighted by Crippen LogP contribution is 2.12. The Bertz CT molecular complexity index is 119. The Morgan fingerprint density at radius 1 is 1.45 bits per heavy atom. The van der Waals surface area contributed by atoms with E-state index in [4.69, 9.17) is 10.5 Å². The lowest BCUT2D eigenvalue weighted by molar-refractivity contribution is 0.0853. The largest absolute Gasteiger partial charge is 0.377 e. The summed E-state index contributed by atoms with van der Waals surface area (Å²) in [7, 11) is 0. The van der Waals surface area contributed by atoms with Crippen molar-refractivity contribution >= 4 is 0 Å². The fraction of sp³-hybridized carbons (Fsp3) is 0.778. The first kappa shape index (κ1) is 10.7. The fourth-order valence-electron chi connectivity index (χ4n) is 0.558. The van der Waals surface area contributed by atoms with Crippen LogP contribution >= 0.6 is 0 Å². The van der Waals surface area contributed by atoms with Gasteiger partial charge in [0.05, 0.1) is 13.2 Å². The van der Waals surface area contributed by atoms with E-state index < -0.39 is 0 Å². The van der Waals surface area contributed by atoms with Gasteiger partial charge in [0.1, 0.15) is 0 Å². The van der Waals surface area contributed by atoms with Crippen LogP contribution in [-0.2, 0) is 4.74 Å². The molecule has 0 aliphatic rings. The SMILES string of the molecule is CC=CCOCC(C)(C)CN. The van der Waals surface area contributed by atoms with Gasteiger partial charge in [0.2, 0.25) is 0 Å². The van der Waals surface area contributed by atoms with Crippen LogP contribution in [-0.4, -0.2) is 19.8 Å². The van der Waals surface area contributed by atoms with Gasteiger partial charge in [0.25, 0.3) is 0 Å². The fourth-order valence-corrected chi connectivity index (χ4v) is 0.558. The summed E-state index contributed by atoms with van der Waals surface area (Å²) >= 11 is 0. The van der Waals surface area contributed by atoms with Gasteiger partial charge in [0, 0.05) is 5.41 Å². The standard InChI is InChI=1S/C9H19NO/c1-4-5-6-11-8-9(2,3)7-10/h4-5H,6-8,10H2,1-3H3. The number of nitrogens with two attached hydrogens (primary N) is 1. The molecule has 0 amide bonds. The van der Waals surface area contributed by atoms with Gasteiger partial charge in [-0.15, -0.1) is 0 Å². The summed E-state index contributed by atoms with van der Waals surface area (Å²) in [6.45, 7) is 8.28. The Balaban J connectivity index is 3.37. The Morgan fingerprint density at radius 3 is 2.55 bits per heavy atom. The monoisotopic (exact) mass is 157 g/mol. The quantitative estimate of drug-likeness (QED) is 0.485. The molecule has 2 nitrogen and oxygen atoms in total. The van der Waals surface area contributed by atoms with Crippen LogP contribution in [0.2, 0.25) is 0 Å². The van der Waals surface area contributed by atoms with Crippen molar-refractivity contribution in [1.29, 1.82) is 0 Å². The third-order valence-corrected chi connectivity index (χ3v) is 1.50. The molecule has 0 spiro atoms. The second-order valence-electron chi connectivity index (χ2n) is 3.45. The Kier molecular flexibility index (Phi) is 5.16. The number of ether oxygens (including phenoxy) is 1. The van der Waals surface area contributed by atoms with Gasteiger partial charge in [-0.05, 0) is 13.5 Å². The van der Waals surface area contributed by atoms with E-state index in [1.165, 1.54) is 0 Å². The molecular weight excluding hydrogens is 138 g/mol. The minimum atomic E-state index is 0.113. The van der Waals surface area contributed by atoms with E-state index in [1.807, 2.05) is 19.1 Å². The second-order valence-corrected chi connectivity index (χ2v) is 3.45. The molecule has 0 saturated carbocycles. The lowest BCUT2D eigenvalue weighted by atomic mass is 9.95. The van der Waals surface area contributed by atoms with Gasteiger partial charge in [-0.1, -0.05) is 26.0 Å². The lowest BCUT2D eigenvalue weighted by Gasteiger charge is -2.21. The molecular formula is C9H19NO. The lowest BCUT2D eigenvalue weighted by Crippen LogP contribution is -2.28. The van der Waals surface area contributed by atoms with Crippen LogP contribution in [0.3, 0.4) is 0 Å². The molecule has 2 heteroatoms. The molecule has 66 valence electrons. The summed E-state index contributed by atoms with van der Waals surface area (Å²) in [5, 5.41) is 0. The van der Waals surface area contributed by atoms with Gasteiger partial charge in [-0.2, -0.15) is 0 Å². The smallest absolute Gasteiger partial charge is 0.0647 e. The maximum absolute atomic E-state index is 5.52. The van der Waals surface area contributed by atoms with Crippen molar-refractivity contribution in [1.82, 2.24) is 0 Å². The zero-order valence-corrected chi connectivity index (χ0v) is 7.76. The molecule has 0 aliphatic carbocycles. The first-order valence-corrected chi connectivity index (χ1v) is 4.01. The topological polar surface area (TPSA) is 35.2 Å². The van der Waals surface area contributed by atoms with Crippen molar-refractivity contribution in [2.45, 2.75) is 20.8 Å². The Hall–Kier alpha value is -0.340. The second kappa shape index (κ2) is 5.33. The van der Waals surface area contributed by atoms with Crippen molar-refractivity contribution in [3.05, 3.63) is 12.2 Å². The minimum absolute atomic E-state index is 0.113. The highest BCUT2D eigenvalue weighted by atomic mass is 16.5.